The Hall–Kier alpha value is -0.610. The molecule has 1 N–H and O–H groups in total. The summed E-state index contributed by atoms with van der Waals surface area (Å²) < 4.78 is 2.35. The molecule has 0 bridgehead atoms. The fraction of sp³-hybridized carbons (Fsp3) is 0.533. The van der Waals surface area contributed by atoms with Gasteiger partial charge in [0.15, 0.2) is 5.13 Å². The monoisotopic (exact) mass is 338 g/mol. The lowest BCUT2D eigenvalue weighted by Crippen LogP contribution is -2.24. The molecule has 2 aromatic rings. The number of benzene rings is 1. The van der Waals surface area contributed by atoms with Crippen LogP contribution in [0.5, 0.6) is 0 Å². The van der Waals surface area contributed by atoms with E-state index in [1.165, 1.54) is 30.4 Å². The molecule has 0 amide bonds. The SMILES string of the molecule is CC1CCCCC1CNc1nc2cc(Br)ccc2s1. The summed E-state index contributed by atoms with van der Waals surface area (Å²) in [5.41, 5.74) is 1.08. The summed E-state index contributed by atoms with van der Waals surface area (Å²) >= 11 is 5.25. The average molecular weight is 339 g/mol. The van der Waals surface area contributed by atoms with Crippen molar-refractivity contribution in [3.8, 4) is 0 Å². The summed E-state index contributed by atoms with van der Waals surface area (Å²) in [6.07, 6.45) is 5.56. The summed E-state index contributed by atoms with van der Waals surface area (Å²) in [5.74, 6) is 1.66. The van der Waals surface area contributed by atoms with Gasteiger partial charge in [-0.05, 0) is 36.5 Å². The Labute approximate surface area is 126 Å². The Bertz CT molecular complexity index is 566. The largest absolute Gasteiger partial charge is 0.361 e. The standard InChI is InChI=1S/C15H19BrN2S/c1-10-4-2-3-5-11(10)9-17-15-18-13-8-12(16)6-7-14(13)19-15/h6-8,10-11H,2-5,9H2,1H3,(H,17,18). The molecule has 3 rings (SSSR count). The molecule has 1 fully saturated rings. The quantitative estimate of drug-likeness (QED) is 0.821. The lowest BCUT2D eigenvalue weighted by Gasteiger charge is -2.28. The minimum absolute atomic E-state index is 0.812. The highest BCUT2D eigenvalue weighted by atomic mass is 79.9. The van der Waals surface area contributed by atoms with Gasteiger partial charge in [-0.2, -0.15) is 0 Å². The van der Waals surface area contributed by atoms with E-state index < -0.39 is 0 Å². The number of nitrogens with one attached hydrogen (secondary N) is 1. The van der Waals surface area contributed by atoms with Crippen LogP contribution in [0.1, 0.15) is 32.6 Å². The van der Waals surface area contributed by atoms with Gasteiger partial charge in [-0.3, -0.25) is 0 Å². The molecule has 2 unspecified atom stereocenters. The summed E-state index contributed by atoms with van der Waals surface area (Å²) in [6.45, 7) is 3.46. The Morgan fingerprint density at radius 1 is 1.37 bits per heavy atom. The van der Waals surface area contributed by atoms with Crippen LogP contribution in [0.25, 0.3) is 10.2 Å². The Morgan fingerprint density at radius 2 is 2.21 bits per heavy atom. The first-order valence-electron chi connectivity index (χ1n) is 7.02. The molecule has 102 valence electrons. The van der Waals surface area contributed by atoms with E-state index in [0.717, 1.165) is 33.5 Å². The van der Waals surface area contributed by atoms with E-state index in [-0.39, 0.29) is 0 Å². The Morgan fingerprint density at radius 3 is 3.05 bits per heavy atom. The van der Waals surface area contributed by atoms with Gasteiger partial charge in [0, 0.05) is 11.0 Å². The van der Waals surface area contributed by atoms with Crippen LogP contribution in [-0.4, -0.2) is 11.5 Å². The minimum Gasteiger partial charge on any atom is -0.361 e. The summed E-state index contributed by atoms with van der Waals surface area (Å²) in [4.78, 5) is 4.66. The zero-order valence-corrected chi connectivity index (χ0v) is 13.6. The number of nitrogens with zero attached hydrogens (tertiary/aromatic N) is 1. The first-order valence-corrected chi connectivity index (χ1v) is 8.63. The molecule has 0 saturated heterocycles. The molecule has 1 saturated carbocycles. The molecule has 4 heteroatoms. The van der Waals surface area contributed by atoms with Crippen LogP contribution in [0.3, 0.4) is 0 Å². The fourth-order valence-corrected chi connectivity index (χ4v) is 4.09. The molecule has 1 aromatic heterocycles. The molecule has 0 spiro atoms. The van der Waals surface area contributed by atoms with Crippen molar-refractivity contribution in [3.63, 3.8) is 0 Å². The summed E-state index contributed by atoms with van der Waals surface area (Å²) in [7, 11) is 0. The van der Waals surface area contributed by atoms with Gasteiger partial charge >= 0.3 is 0 Å². The van der Waals surface area contributed by atoms with Crippen LogP contribution in [0, 0.1) is 11.8 Å². The third-order valence-electron chi connectivity index (χ3n) is 4.15. The number of fused-ring (bicyclic) bond motifs is 1. The van der Waals surface area contributed by atoms with Crippen LogP contribution < -0.4 is 5.32 Å². The van der Waals surface area contributed by atoms with Gasteiger partial charge in [0.05, 0.1) is 10.2 Å². The number of halogens is 1. The summed E-state index contributed by atoms with van der Waals surface area (Å²) in [5, 5.41) is 4.61. The van der Waals surface area contributed by atoms with Crippen molar-refractivity contribution in [2.75, 3.05) is 11.9 Å². The second-order valence-corrected chi connectivity index (χ2v) is 7.48. The topological polar surface area (TPSA) is 24.9 Å². The molecule has 19 heavy (non-hydrogen) atoms. The van der Waals surface area contributed by atoms with Crippen LogP contribution in [-0.2, 0) is 0 Å². The van der Waals surface area contributed by atoms with Crippen LogP contribution in [0.4, 0.5) is 5.13 Å². The van der Waals surface area contributed by atoms with Crippen molar-refractivity contribution < 1.29 is 0 Å². The fourth-order valence-electron chi connectivity index (χ4n) is 2.89. The molecule has 1 aliphatic carbocycles. The van der Waals surface area contributed by atoms with Crippen molar-refractivity contribution in [2.24, 2.45) is 11.8 Å². The number of anilines is 1. The number of rotatable bonds is 3. The maximum Gasteiger partial charge on any atom is 0.183 e. The Balaban J connectivity index is 1.68. The Kier molecular flexibility index (Phi) is 4.08. The van der Waals surface area contributed by atoms with Gasteiger partial charge in [-0.15, -0.1) is 0 Å². The smallest absolute Gasteiger partial charge is 0.183 e. The first kappa shape index (κ1) is 13.4. The van der Waals surface area contributed by atoms with Crippen molar-refractivity contribution in [1.82, 2.24) is 4.98 Å². The lowest BCUT2D eigenvalue weighted by atomic mass is 9.80. The highest BCUT2D eigenvalue weighted by Crippen LogP contribution is 2.32. The molecule has 1 aliphatic rings. The van der Waals surface area contributed by atoms with E-state index >= 15 is 0 Å². The second kappa shape index (κ2) is 5.80. The number of thiazole rings is 1. The number of hydrogen-bond donors (Lipinski definition) is 1. The van der Waals surface area contributed by atoms with E-state index in [1.807, 2.05) is 0 Å². The maximum absolute atomic E-state index is 4.66. The minimum atomic E-state index is 0.812. The zero-order chi connectivity index (χ0) is 13.2. The van der Waals surface area contributed by atoms with Crippen molar-refractivity contribution in [3.05, 3.63) is 22.7 Å². The molecule has 0 aliphatic heterocycles. The van der Waals surface area contributed by atoms with Gasteiger partial charge in [-0.25, -0.2) is 4.98 Å². The summed E-state index contributed by atoms with van der Waals surface area (Å²) in [6, 6.07) is 6.29. The van der Waals surface area contributed by atoms with Gasteiger partial charge in [0.25, 0.3) is 0 Å². The molecule has 1 aromatic carbocycles. The molecular formula is C15H19BrN2S. The molecule has 1 heterocycles. The van der Waals surface area contributed by atoms with Gasteiger partial charge in [0.2, 0.25) is 0 Å². The van der Waals surface area contributed by atoms with Crippen LogP contribution in [0.2, 0.25) is 0 Å². The average Bonchev–Trinajstić information content (AvgIpc) is 2.79. The van der Waals surface area contributed by atoms with Crippen molar-refractivity contribution in [1.29, 1.82) is 0 Å². The predicted octanol–water partition coefficient (Wildman–Crippen LogP) is 5.30. The third kappa shape index (κ3) is 3.11. The molecule has 2 atom stereocenters. The van der Waals surface area contributed by atoms with E-state index in [2.05, 4.69) is 51.4 Å². The predicted molar refractivity (Wildman–Crippen MR) is 86.9 cm³/mol. The van der Waals surface area contributed by atoms with Crippen molar-refractivity contribution >= 4 is 42.6 Å². The van der Waals surface area contributed by atoms with Crippen LogP contribution >= 0.6 is 27.3 Å². The second-order valence-electron chi connectivity index (χ2n) is 5.53. The molecule has 0 radical (unpaired) electrons. The van der Waals surface area contributed by atoms with E-state index in [0.29, 0.717) is 0 Å². The van der Waals surface area contributed by atoms with E-state index in [1.54, 1.807) is 11.3 Å². The van der Waals surface area contributed by atoms with E-state index in [9.17, 15) is 0 Å². The third-order valence-corrected chi connectivity index (χ3v) is 5.64. The van der Waals surface area contributed by atoms with Gasteiger partial charge < -0.3 is 5.32 Å². The zero-order valence-electron chi connectivity index (χ0n) is 11.2. The van der Waals surface area contributed by atoms with E-state index in [4.69, 9.17) is 0 Å². The highest BCUT2D eigenvalue weighted by Gasteiger charge is 2.21. The number of hydrogen-bond acceptors (Lipinski definition) is 3. The lowest BCUT2D eigenvalue weighted by molar-refractivity contribution is 0.268. The molecule has 2 nitrogen and oxygen atoms in total. The highest BCUT2D eigenvalue weighted by molar-refractivity contribution is 9.10. The van der Waals surface area contributed by atoms with Gasteiger partial charge in [0.1, 0.15) is 0 Å². The van der Waals surface area contributed by atoms with Gasteiger partial charge in [-0.1, -0.05) is 53.5 Å². The first-order chi connectivity index (χ1) is 9.22. The maximum atomic E-state index is 4.66. The normalized spacial score (nSPS) is 23.7. The molecular weight excluding hydrogens is 320 g/mol. The number of aromatic nitrogens is 1. The van der Waals surface area contributed by atoms with Crippen LogP contribution in [0.15, 0.2) is 22.7 Å². The van der Waals surface area contributed by atoms with Crippen molar-refractivity contribution in [2.45, 2.75) is 32.6 Å².